The van der Waals surface area contributed by atoms with Crippen molar-refractivity contribution in [2.45, 2.75) is 32.2 Å². The van der Waals surface area contributed by atoms with Crippen LogP contribution in [0.2, 0.25) is 0 Å². The average molecular weight is 262 g/mol. The monoisotopic (exact) mass is 262 g/mol. The molecule has 1 unspecified atom stereocenters. The van der Waals surface area contributed by atoms with Crippen molar-refractivity contribution in [1.82, 2.24) is 18.6 Å². The number of likely N-dealkylation sites (tertiary alicyclic amines) is 1. The lowest BCUT2D eigenvalue weighted by Gasteiger charge is -2.33. The third kappa shape index (κ3) is 1.96. The molecule has 1 amide bonds. The summed E-state index contributed by atoms with van der Waals surface area (Å²) >= 11 is 1.12. The van der Waals surface area contributed by atoms with E-state index in [1.807, 2.05) is 4.90 Å². The smallest absolute Gasteiger partial charge is 0.255 e. The van der Waals surface area contributed by atoms with Gasteiger partial charge < -0.3 is 4.90 Å². The van der Waals surface area contributed by atoms with E-state index in [2.05, 4.69) is 20.7 Å². The van der Waals surface area contributed by atoms with Gasteiger partial charge >= 0.3 is 0 Å². The first-order valence-corrected chi connectivity index (χ1v) is 6.88. The molecule has 6 heteroatoms. The second kappa shape index (κ2) is 4.61. The summed E-state index contributed by atoms with van der Waals surface area (Å²) in [6.07, 6.45) is 4.98. The van der Waals surface area contributed by atoms with E-state index in [0.717, 1.165) is 31.1 Å². The molecule has 1 fully saturated rings. The van der Waals surface area contributed by atoms with Gasteiger partial charge in [0, 0.05) is 18.8 Å². The molecule has 94 valence electrons. The van der Waals surface area contributed by atoms with Crippen LogP contribution in [0.25, 0.3) is 11.2 Å². The zero-order valence-corrected chi connectivity index (χ0v) is 11.0. The summed E-state index contributed by atoms with van der Waals surface area (Å²) in [5, 5.41) is 0. The summed E-state index contributed by atoms with van der Waals surface area (Å²) in [6, 6.07) is 2.10. The Morgan fingerprint density at radius 3 is 3.17 bits per heavy atom. The third-order valence-corrected chi connectivity index (χ3v) is 3.96. The lowest BCUT2D eigenvalue weighted by Crippen LogP contribution is -2.42. The van der Waals surface area contributed by atoms with Crippen LogP contribution in [0.5, 0.6) is 0 Å². The largest absolute Gasteiger partial charge is 0.336 e. The van der Waals surface area contributed by atoms with Crippen LogP contribution in [0.1, 0.15) is 36.5 Å². The number of hydrogen-bond acceptors (Lipinski definition) is 5. The third-order valence-electron chi connectivity index (χ3n) is 3.42. The maximum absolute atomic E-state index is 12.4. The molecule has 3 heterocycles. The summed E-state index contributed by atoms with van der Waals surface area (Å²) in [5.41, 5.74) is 1.93. The van der Waals surface area contributed by atoms with E-state index < -0.39 is 0 Å². The minimum atomic E-state index is 0.0598. The quantitative estimate of drug-likeness (QED) is 0.789. The standard InChI is InChI=1S/C12H14N4OS/c1-8-4-2-3-5-16(8)12(17)9-6-10-11(13-7-9)15-18-14-10/h6-8H,2-5H2,1H3. The number of nitrogens with zero attached hydrogens (tertiary/aromatic N) is 4. The highest BCUT2D eigenvalue weighted by atomic mass is 32.1. The van der Waals surface area contributed by atoms with Crippen molar-refractivity contribution in [3.8, 4) is 0 Å². The molecule has 0 aromatic carbocycles. The molecule has 0 spiro atoms. The minimum absolute atomic E-state index is 0.0598. The van der Waals surface area contributed by atoms with Gasteiger partial charge in [0.15, 0.2) is 5.65 Å². The van der Waals surface area contributed by atoms with Gasteiger partial charge in [0.2, 0.25) is 0 Å². The molecule has 1 aliphatic heterocycles. The van der Waals surface area contributed by atoms with E-state index in [1.54, 1.807) is 12.3 Å². The number of carbonyl (C=O) groups excluding carboxylic acids is 1. The average Bonchev–Trinajstić information content (AvgIpc) is 2.85. The van der Waals surface area contributed by atoms with Gasteiger partial charge in [-0.1, -0.05) is 0 Å². The number of amides is 1. The predicted molar refractivity (Wildman–Crippen MR) is 69.6 cm³/mol. The van der Waals surface area contributed by atoms with Crippen molar-refractivity contribution in [2.24, 2.45) is 0 Å². The van der Waals surface area contributed by atoms with E-state index in [-0.39, 0.29) is 5.91 Å². The van der Waals surface area contributed by atoms with Gasteiger partial charge in [0.25, 0.3) is 5.91 Å². The number of pyridine rings is 1. The molecule has 0 N–H and O–H groups in total. The molecule has 5 nitrogen and oxygen atoms in total. The van der Waals surface area contributed by atoms with Crippen LogP contribution >= 0.6 is 11.7 Å². The van der Waals surface area contributed by atoms with Crippen molar-refractivity contribution < 1.29 is 4.79 Å². The predicted octanol–water partition coefficient (Wildman–Crippen LogP) is 2.10. The fraction of sp³-hybridized carbons (Fsp3) is 0.500. The minimum Gasteiger partial charge on any atom is -0.336 e. The van der Waals surface area contributed by atoms with E-state index in [1.165, 1.54) is 6.42 Å². The fourth-order valence-electron chi connectivity index (χ4n) is 2.37. The lowest BCUT2D eigenvalue weighted by atomic mass is 10.0. The number of rotatable bonds is 1. The van der Waals surface area contributed by atoms with Crippen molar-refractivity contribution in [1.29, 1.82) is 0 Å². The topological polar surface area (TPSA) is 59.0 Å². The Kier molecular flexibility index (Phi) is 2.95. The SMILES string of the molecule is CC1CCCCN1C(=O)c1cnc2nsnc2c1. The summed E-state index contributed by atoms with van der Waals surface area (Å²) < 4.78 is 8.16. The normalized spacial score (nSPS) is 20.3. The van der Waals surface area contributed by atoms with Crippen molar-refractivity contribution in [2.75, 3.05) is 6.54 Å². The first kappa shape index (κ1) is 11.5. The van der Waals surface area contributed by atoms with Crippen LogP contribution in [0.15, 0.2) is 12.3 Å². The first-order chi connectivity index (χ1) is 8.75. The molecule has 1 atom stereocenters. The number of carbonyl (C=O) groups is 1. The van der Waals surface area contributed by atoms with E-state index in [9.17, 15) is 4.79 Å². The summed E-state index contributed by atoms with van der Waals surface area (Å²) in [7, 11) is 0. The van der Waals surface area contributed by atoms with Gasteiger partial charge in [-0.25, -0.2) is 4.98 Å². The van der Waals surface area contributed by atoms with Crippen LogP contribution in [0, 0.1) is 0 Å². The Morgan fingerprint density at radius 1 is 1.44 bits per heavy atom. The van der Waals surface area contributed by atoms with Crippen LogP contribution in [0.3, 0.4) is 0 Å². The molecular formula is C12H14N4OS. The second-order valence-corrected chi connectivity index (χ2v) is 5.20. The molecule has 18 heavy (non-hydrogen) atoms. The molecule has 2 aromatic heterocycles. The second-order valence-electron chi connectivity index (χ2n) is 4.67. The molecule has 0 bridgehead atoms. The molecular weight excluding hydrogens is 248 g/mol. The highest BCUT2D eigenvalue weighted by molar-refractivity contribution is 7.00. The zero-order chi connectivity index (χ0) is 12.5. The molecule has 0 saturated carbocycles. The first-order valence-electron chi connectivity index (χ1n) is 6.15. The molecule has 3 rings (SSSR count). The molecule has 0 radical (unpaired) electrons. The van der Waals surface area contributed by atoms with Gasteiger partial charge in [0.1, 0.15) is 5.52 Å². The van der Waals surface area contributed by atoms with Crippen molar-refractivity contribution in [3.05, 3.63) is 17.8 Å². The summed E-state index contributed by atoms with van der Waals surface area (Å²) in [5.74, 6) is 0.0598. The molecule has 1 aliphatic rings. The Bertz CT molecular complexity index is 582. The van der Waals surface area contributed by atoms with Gasteiger partial charge in [0.05, 0.1) is 17.3 Å². The number of fused-ring (bicyclic) bond motifs is 1. The number of piperidine rings is 1. The van der Waals surface area contributed by atoms with Crippen LogP contribution in [-0.2, 0) is 0 Å². The van der Waals surface area contributed by atoms with Gasteiger partial charge in [-0.05, 0) is 32.3 Å². The highest BCUT2D eigenvalue weighted by Crippen LogP contribution is 2.20. The van der Waals surface area contributed by atoms with Gasteiger partial charge in [-0.2, -0.15) is 8.75 Å². The van der Waals surface area contributed by atoms with Gasteiger partial charge in [-0.15, -0.1) is 0 Å². The fourth-order valence-corrected chi connectivity index (χ4v) is 2.85. The Balaban J connectivity index is 1.90. The Labute approximate surface area is 109 Å². The Hall–Kier alpha value is -1.56. The van der Waals surface area contributed by atoms with Crippen LogP contribution in [-0.4, -0.2) is 37.1 Å². The highest BCUT2D eigenvalue weighted by Gasteiger charge is 2.24. The van der Waals surface area contributed by atoms with E-state index in [0.29, 0.717) is 22.8 Å². The number of aromatic nitrogens is 3. The maximum Gasteiger partial charge on any atom is 0.255 e. The lowest BCUT2D eigenvalue weighted by molar-refractivity contribution is 0.0635. The molecule has 1 saturated heterocycles. The van der Waals surface area contributed by atoms with E-state index >= 15 is 0 Å². The molecule has 0 aliphatic carbocycles. The molecule has 2 aromatic rings. The van der Waals surface area contributed by atoms with E-state index in [4.69, 9.17) is 0 Å². The Morgan fingerprint density at radius 2 is 2.33 bits per heavy atom. The summed E-state index contributed by atoms with van der Waals surface area (Å²) in [4.78, 5) is 18.5. The van der Waals surface area contributed by atoms with Gasteiger partial charge in [-0.3, -0.25) is 4.79 Å². The van der Waals surface area contributed by atoms with Crippen LogP contribution in [0.4, 0.5) is 0 Å². The zero-order valence-electron chi connectivity index (χ0n) is 10.2. The van der Waals surface area contributed by atoms with Crippen LogP contribution < -0.4 is 0 Å². The number of hydrogen-bond donors (Lipinski definition) is 0. The summed E-state index contributed by atoms with van der Waals surface area (Å²) in [6.45, 7) is 2.95. The van der Waals surface area contributed by atoms with Crippen molar-refractivity contribution in [3.63, 3.8) is 0 Å². The maximum atomic E-state index is 12.4. The van der Waals surface area contributed by atoms with Crippen molar-refractivity contribution >= 4 is 28.8 Å².